The minimum atomic E-state index is -0.444. The summed E-state index contributed by atoms with van der Waals surface area (Å²) in [4.78, 5) is 0. The first-order valence-electron chi connectivity index (χ1n) is 4.55. The lowest BCUT2D eigenvalue weighted by atomic mass is 10.1. The van der Waals surface area contributed by atoms with Gasteiger partial charge < -0.3 is 9.63 Å². The number of rotatable bonds is 2. The molecule has 0 atom stereocenters. The molecule has 0 aliphatic rings. The maximum atomic E-state index is 10.9. The van der Waals surface area contributed by atoms with Gasteiger partial charge in [0.15, 0.2) is 0 Å². The van der Waals surface area contributed by atoms with E-state index in [1.54, 1.807) is 0 Å². The first-order valence-corrected chi connectivity index (χ1v) is 5.34. The van der Waals surface area contributed by atoms with Crippen LogP contribution in [0, 0.1) is 0 Å². The van der Waals surface area contributed by atoms with E-state index in [-0.39, 0.29) is 0 Å². The Kier molecular flexibility index (Phi) is 2.73. The van der Waals surface area contributed by atoms with E-state index in [0.717, 1.165) is 22.1 Å². The molecule has 0 amide bonds. The van der Waals surface area contributed by atoms with E-state index in [1.165, 1.54) is 10.9 Å². The van der Waals surface area contributed by atoms with E-state index in [2.05, 4.69) is 25.7 Å². The zero-order chi connectivity index (χ0) is 10.8. The molecule has 0 saturated carbocycles. The smallest absolute Gasteiger partial charge is 0.242 e. The highest BCUT2D eigenvalue weighted by Gasteiger charge is 2.14. The Balaban J connectivity index is 2.52. The highest BCUT2D eigenvalue weighted by molar-refractivity contribution is 9.10. The van der Waals surface area contributed by atoms with Crippen molar-refractivity contribution in [2.75, 3.05) is 0 Å². The van der Waals surface area contributed by atoms with Crippen molar-refractivity contribution in [2.24, 2.45) is 0 Å². The van der Waals surface area contributed by atoms with Gasteiger partial charge in [0.2, 0.25) is 11.9 Å². The number of aryl methyl sites for hydroxylation is 1. The molecule has 5 heteroatoms. The number of nitrogens with zero attached hydrogens (tertiary/aromatic N) is 2. The number of halogens is 1. The molecule has 0 aliphatic carbocycles. The molecule has 78 valence electrons. The fourth-order valence-corrected chi connectivity index (χ4v) is 1.81. The zero-order valence-corrected chi connectivity index (χ0v) is 9.69. The highest BCUT2D eigenvalue weighted by atomic mass is 79.9. The van der Waals surface area contributed by atoms with Crippen LogP contribution >= 0.6 is 15.9 Å². The van der Waals surface area contributed by atoms with Crippen LogP contribution in [0.15, 0.2) is 33.4 Å². The van der Waals surface area contributed by atoms with Crippen LogP contribution in [-0.4, -0.2) is 5.27 Å². The maximum absolute atomic E-state index is 10.9. The van der Waals surface area contributed by atoms with E-state index >= 15 is 0 Å². The Bertz CT molecular complexity index is 482. The molecule has 0 aliphatic heterocycles. The summed E-state index contributed by atoms with van der Waals surface area (Å²) in [5.41, 5.74) is 1.97. The van der Waals surface area contributed by atoms with Gasteiger partial charge in [-0.15, -0.1) is 0 Å². The van der Waals surface area contributed by atoms with E-state index < -0.39 is 5.95 Å². The van der Waals surface area contributed by atoms with Crippen LogP contribution in [0.2, 0.25) is 0 Å². The summed E-state index contributed by atoms with van der Waals surface area (Å²) >= 11 is 3.40. The van der Waals surface area contributed by atoms with Crippen LogP contribution in [0.4, 0.5) is 0 Å². The van der Waals surface area contributed by atoms with Gasteiger partial charge in [-0.3, -0.25) is 0 Å². The number of hydrogen-bond donors (Lipinski definition) is 0. The van der Waals surface area contributed by atoms with Gasteiger partial charge in [0.05, 0.1) is 5.27 Å². The molecule has 1 aromatic heterocycles. The predicted molar refractivity (Wildman–Crippen MR) is 54.6 cm³/mol. The molecular formula is C10H9BrN2O2. The van der Waals surface area contributed by atoms with Gasteiger partial charge in [-0.25, -0.2) is 0 Å². The molecule has 0 spiro atoms. The van der Waals surface area contributed by atoms with Crippen molar-refractivity contribution in [3.63, 3.8) is 0 Å². The number of aromatic nitrogens is 2. The first kappa shape index (κ1) is 10.2. The summed E-state index contributed by atoms with van der Waals surface area (Å²) in [5.74, 6) is -0.444. The van der Waals surface area contributed by atoms with Crippen molar-refractivity contribution in [3.05, 3.63) is 34.4 Å². The predicted octanol–water partition coefficient (Wildman–Crippen LogP) is 1.35. The molecule has 0 bridgehead atoms. The topological polar surface area (TPSA) is 53.0 Å². The SMILES string of the molecule is CCc1cc(Br)ccc1-[n+]1cc([O-])on1. The first-order chi connectivity index (χ1) is 7.20. The third-order valence-electron chi connectivity index (χ3n) is 2.12. The molecule has 0 unspecified atom stereocenters. The molecule has 2 rings (SSSR count). The monoisotopic (exact) mass is 268 g/mol. The van der Waals surface area contributed by atoms with Gasteiger partial charge in [0.25, 0.3) is 0 Å². The fourth-order valence-electron chi connectivity index (χ4n) is 1.41. The van der Waals surface area contributed by atoms with Crippen molar-refractivity contribution in [3.8, 4) is 11.6 Å². The van der Waals surface area contributed by atoms with Crippen LogP contribution in [0.5, 0.6) is 5.95 Å². The van der Waals surface area contributed by atoms with Crippen LogP contribution < -0.4 is 9.79 Å². The largest absolute Gasteiger partial charge is 0.539 e. The molecule has 15 heavy (non-hydrogen) atoms. The van der Waals surface area contributed by atoms with Crippen molar-refractivity contribution >= 4 is 15.9 Å². The highest BCUT2D eigenvalue weighted by Crippen LogP contribution is 2.17. The van der Waals surface area contributed by atoms with Crippen LogP contribution in [0.3, 0.4) is 0 Å². The Morgan fingerprint density at radius 2 is 2.33 bits per heavy atom. The zero-order valence-electron chi connectivity index (χ0n) is 8.11. The molecule has 1 heterocycles. The normalized spacial score (nSPS) is 10.5. The Hall–Kier alpha value is -1.36. The van der Waals surface area contributed by atoms with Gasteiger partial charge in [-0.1, -0.05) is 22.9 Å². The summed E-state index contributed by atoms with van der Waals surface area (Å²) in [6.07, 6.45) is 2.19. The average molecular weight is 269 g/mol. The lowest BCUT2D eigenvalue weighted by Gasteiger charge is -1.99. The molecule has 4 nitrogen and oxygen atoms in total. The summed E-state index contributed by atoms with van der Waals surface area (Å²) in [6.45, 7) is 2.05. The Morgan fingerprint density at radius 3 is 2.93 bits per heavy atom. The van der Waals surface area contributed by atoms with Gasteiger partial charge >= 0.3 is 0 Å². The van der Waals surface area contributed by atoms with Crippen LogP contribution in [-0.2, 0) is 6.42 Å². The van der Waals surface area contributed by atoms with E-state index in [4.69, 9.17) is 0 Å². The second-order valence-corrected chi connectivity index (χ2v) is 4.01. The third-order valence-corrected chi connectivity index (χ3v) is 2.61. The minimum absolute atomic E-state index is 0.444. The summed E-state index contributed by atoms with van der Waals surface area (Å²) < 4.78 is 6.96. The average Bonchev–Trinajstić information content (AvgIpc) is 2.64. The van der Waals surface area contributed by atoms with Crippen molar-refractivity contribution in [1.82, 2.24) is 5.27 Å². The summed E-state index contributed by atoms with van der Waals surface area (Å²) in [5, 5.41) is 14.5. The molecule has 1 aromatic carbocycles. The number of hydrogen-bond acceptors (Lipinski definition) is 3. The van der Waals surface area contributed by atoms with Gasteiger partial charge in [-0.05, 0) is 23.2 Å². The molecule has 0 N–H and O–H groups in total. The van der Waals surface area contributed by atoms with E-state index in [0.29, 0.717) is 0 Å². The molecule has 0 fully saturated rings. The van der Waals surface area contributed by atoms with Crippen molar-refractivity contribution in [1.29, 1.82) is 0 Å². The summed E-state index contributed by atoms with van der Waals surface area (Å²) in [7, 11) is 0. The molecule has 0 saturated heterocycles. The fraction of sp³-hybridized carbons (Fsp3) is 0.200. The van der Waals surface area contributed by atoms with Crippen LogP contribution in [0.1, 0.15) is 12.5 Å². The third kappa shape index (κ3) is 2.02. The maximum Gasteiger partial charge on any atom is 0.242 e. The van der Waals surface area contributed by atoms with Crippen molar-refractivity contribution < 1.29 is 14.3 Å². The molecule has 0 radical (unpaired) electrons. The van der Waals surface area contributed by atoms with E-state index in [1.807, 2.05) is 25.1 Å². The second-order valence-electron chi connectivity index (χ2n) is 3.09. The Labute approximate surface area is 95.2 Å². The lowest BCUT2D eigenvalue weighted by molar-refractivity contribution is -0.671. The second kappa shape index (κ2) is 4.02. The Morgan fingerprint density at radius 1 is 1.53 bits per heavy atom. The lowest BCUT2D eigenvalue weighted by Crippen LogP contribution is -2.32. The van der Waals surface area contributed by atoms with Gasteiger partial charge in [0, 0.05) is 16.1 Å². The van der Waals surface area contributed by atoms with Crippen molar-refractivity contribution in [2.45, 2.75) is 13.3 Å². The molecule has 2 aromatic rings. The standard InChI is InChI=1S/C10H9BrN2O2/c1-2-7-5-8(11)3-4-9(7)13-6-10(14)15-12-13/h3-6H,2H2,1H3. The van der Waals surface area contributed by atoms with Gasteiger partial charge in [-0.2, -0.15) is 0 Å². The quantitative estimate of drug-likeness (QED) is 0.773. The van der Waals surface area contributed by atoms with Gasteiger partial charge in [0.1, 0.15) is 5.95 Å². The summed E-state index contributed by atoms with van der Waals surface area (Å²) in [6, 6.07) is 5.80. The minimum Gasteiger partial charge on any atom is -0.539 e. The number of benzene rings is 1. The van der Waals surface area contributed by atoms with E-state index in [9.17, 15) is 5.11 Å². The molecular weight excluding hydrogens is 260 g/mol. The van der Waals surface area contributed by atoms with Crippen LogP contribution in [0.25, 0.3) is 5.69 Å².